The van der Waals surface area contributed by atoms with E-state index >= 15 is 4.39 Å². The predicted molar refractivity (Wildman–Crippen MR) is 123 cm³/mol. The molecule has 0 unspecified atom stereocenters. The van der Waals surface area contributed by atoms with E-state index in [4.69, 9.17) is 4.74 Å². The Hall–Kier alpha value is -4.14. The monoisotopic (exact) mass is 462 g/mol. The van der Waals surface area contributed by atoms with Crippen molar-refractivity contribution in [1.82, 2.24) is 14.6 Å². The van der Waals surface area contributed by atoms with Gasteiger partial charge >= 0.3 is 0 Å². The van der Waals surface area contributed by atoms with Gasteiger partial charge in [0.15, 0.2) is 23.0 Å². The number of hydrogen-bond acceptors (Lipinski definition) is 6. The Kier molecular flexibility index (Phi) is 5.53. The number of benzene rings is 1. The van der Waals surface area contributed by atoms with Gasteiger partial charge < -0.3 is 14.7 Å². The fraction of sp³-hybridized carbons (Fsp3) is 0.240. The lowest BCUT2D eigenvalue weighted by atomic mass is 10.0. The van der Waals surface area contributed by atoms with E-state index in [1.807, 2.05) is 19.1 Å². The lowest BCUT2D eigenvalue weighted by molar-refractivity contribution is 0.0625. The lowest BCUT2D eigenvalue weighted by Gasteiger charge is -2.45. The number of ether oxygens (including phenoxy) is 1. The summed E-state index contributed by atoms with van der Waals surface area (Å²) in [6.07, 6.45) is 7.23. The molecule has 0 spiro atoms. The summed E-state index contributed by atoms with van der Waals surface area (Å²) in [5.41, 5.74) is 0.278. The molecule has 34 heavy (non-hydrogen) atoms. The number of amides is 1. The summed E-state index contributed by atoms with van der Waals surface area (Å²) in [5, 5.41) is 12.4. The first-order valence-electron chi connectivity index (χ1n) is 11.0. The van der Waals surface area contributed by atoms with Gasteiger partial charge in [0.05, 0.1) is 11.7 Å². The number of para-hydroxylation sites is 1. The Bertz CT molecular complexity index is 1320. The molecule has 1 amide bonds. The highest BCUT2D eigenvalue weighted by Gasteiger charge is 2.40. The van der Waals surface area contributed by atoms with E-state index in [-0.39, 0.29) is 30.8 Å². The summed E-state index contributed by atoms with van der Waals surface area (Å²) in [5.74, 6) is -1.55. The Balaban J connectivity index is 1.83. The van der Waals surface area contributed by atoms with Gasteiger partial charge in [-0.25, -0.2) is 4.39 Å². The number of halogens is 1. The fourth-order valence-electron chi connectivity index (χ4n) is 4.52. The summed E-state index contributed by atoms with van der Waals surface area (Å²) < 4.78 is 22.3. The number of carbonyl (C=O) groups excluding carboxylic acids is 1. The van der Waals surface area contributed by atoms with Crippen molar-refractivity contribution in [3.8, 4) is 11.5 Å². The number of fused-ring (bicyclic) bond motifs is 5. The van der Waals surface area contributed by atoms with E-state index in [0.717, 1.165) is 0 Å². The molecule has 0 radical (unpaired) electrons. The molecule has 2 aliphatic heterocycles. The second kappa shape index (κ2) is 8.66. The van der Waals surface area contributed by atoms with Gasteiger partial charge in [0, 0.05) is 24.0 Å². The maximum Gasteiger partial charge on any atom is 0.278 e. The van der Waals surface area contributed by atoms with Crippen molar-refractivity contribution in [3.05, 3.63) is 100 Å². The van der Waals surface area contributed by atoms with E-state index in [1.54, 1.807) is 46.4 Å². The summed E-state index contributed by atoms with van der Waals surface area (Å²) in [7, 11) is 0. The van der Waals surface area contributed by atoms with Crippen LogP contribution in [-0.4, -0.2) is 44.9 Å². The summed E-state index contributed by atoms with van der Waals surface area (Å²) in [4.78, 5) is 31.9. The van der Waals surface area contributed by atoms with Crippen LogP contribution in [0.5, 0.6) is 11.5 Å². The molecule has 2 aliphatic rings. The highest BCUT2D eigenvalue weighted by atomic mass is 19.1. The van der Waals surface area contributed by atoms with Crippen LogP contribution >= 0.6 is 0 Å². The molecule has 0 saturated carbocycles. The van der Waals surface area contributed by atoms with Crippen LogP contribution in [0.3, 0.4) is 0 Å². The first-order valence-corrected chi connectivity index (χ1v) is 11.0. The Morgan fingerprint density at radius 2 is 2.03 bits per heavy atom. The highest BCUT2D eigenvalue weighted by Crippen LogP contribution is 2.38. The van der Waals surface area contributed by atoms with Crippen LogP contribution < -0.4 is 15.2 Å². The van der Waals surface area contributed by atoms with Gasteiger partial charge in [0.1, 0.15) is 19.3 Å². The van der Waals surface area contributed by atoms with Crippen molar-refractivity contribution >= 4 is 5.91 Å². The number of carbonyl (C=O) groups is 1. The summed E-state index contributed by atoms with van der Waals surface area (Å²) >= 11 is 0. The maximum atomic E-state index is 15.0. The number of pyridine rings is 2. The van der Waals surface area contributed by atoms with E-state index in [9.17, 15) is 14.7 Å². The predicted octanol–water partition coefficient (Wildman–Crippen LogP) is 2.96. The summed E-state index contributed by atoms with van der Waals surface area (Å²) in [6.45, 7) is 2.15. The molecule has 1 aromatic carbocycles. The van der Waals surface area contributed by atoms with Crippen LogP contribution in [-0.2, 0) is 0 Å². The third-order valence-electron chi connectivity index (χ3n) is 6.15. The zero-order valence-electron chi connectivity index (χ0n) is 18.5. The molecule has 3 aromatic rings. The minimum absolute atomic E-state index is 0.0769. The van der Waals surface area contributed by atoms with Gasteiger partial charge in [-0.15, -0.1) is 0 Å². The first kappa shape index (κ1) is 21.7. The molecule has 2 bridgehead atoms. The van der Waals surface area contributed by atoms with E-state index in [0.29, 0.717) is 17.7 Å². The van der Waals surface area contributed by atoms with Crippen molar-refractivity contribution in [2.75, 3.05) is 18.3 Å². The van der Waals surface area contributed by atoms with E-state index < -0.39 is 28.9 Å². The lowest BCUT2D eigenvalue weighted by Crippen LogP contribution is -2.57. The van der Waals surface area contributed by atoms with E-state index in [1.165, 1.54) is 23.0 Å². The molecule has 174 valence electrons. The number of hydrogen-bond donors (Lipinski definition) is 1. The zero-order valence-corrected chi connectivity index (χ0v) is 18.5. The molecular formula is C25H23FN4O4. The second-order valence-electron chi connectivity index (χ2n) is 8.11. The van der Waals surface area contributed by atoms with Gasteiger partial charge in [0.25, 0.3) is 5.91 Å². The van der Waals surface area contributed by atoms with Crippen molar-refractivity contribution in [2.24, 2.45) is 0 Å². The first-order chi connectivity index (χ1) is 16.5. The third-order valence-corrected chi connectivity index (χ3v) is 6.15. The number of aromatic nitrogens is 2. The topological polar surface area (TPSA) is 87.9 Å². The van der Waals surface area contributed by atoms with Gasteiger partial charge in [-0.1, -0.05) is 31.2 Å². The van der Waals surface area contributed by atoms with Gasteiger partial charge in [-0.3, -0.25) is 24.3 Å². The van der Waals surface area contributed by atoms with Crippen molar-refractivity contribution in [2.45, 2.75) is 25.4 Å². The van der Waals surface area contributed by atoms with Crippen LogP contribution in [0.1, 0.15) is 41.1 Å². The standard InChI is InChI=1S/C25H23FN4O4/c1-2-16-7-6-14-34-24-17(8-5-9-18(24)26)21(19-10-3-4-12-27-19)30-15-28(16)25(33)22-23(32)20(31)11-13-29(22)30/h3-13,16,21,32H,2,14-15H2,1H3/b7-6-/t16-,21+/m0/s1. The normalized spacial score (nSPS) is 20.6. The average Bonchev–Trinajstić information content (AvgIpc) is 2.87. The molecular weight excluding hydrogens is 439 g/mol. The molecule has 0 saturated heterocycles. The molecule has 5 rings (SSSR count). The second-order valence-corrected chi connectivity index (χ2v) is 8.11. The van der Waals surface area contributed by atoms with Crippen molar-refractivity contribution < 1.29 is 19.0 Å². The molecule has 1 N–H and O–H groups in total. The molecule has 9 heteroatoms. The Morgan fingerprint density at radius 1 is 1.18 bits per heavy atom. The average molecular weight is 462 g/mol. The van der Waals surface area contributed by atoms with Gasteiger partial charge in [-0.2, -0.15) is 0 Å². The smallest absolute Gasteiger partial charge is 0.278 e. The van der Waals surface area contributed by atoms with Gasteiger partial charge in [-0.05, 0) is 30.7 Å². The van der Waals surface area contributed by atoms with E-state index in [2.05, 4.69) is 4.98 Å². The SMILES string of the molecule is CC[C@H]1/C=C\COc2c(F)cccc2[C@H](c2ccccn2)N2CN1C(=O)c1c(O)c(=O)ccn12. The summed E-state index contributed by atoms with van der Waals surface area (Å²) in [6, 6.07) is 10.2. The van der Waals surface area contributed by atoms with Crippen LogP contribution in [0.2, 0.25) is 0 Å². The van der Waals surface area contributed by atoms with Crippen molar-refractivity contribution in [3.63, 3.8) is 0 Å². The largest absolute Gasteiger partial charge is 0.502 e. The molecule has 2 aromatic heterocycles. The third kappa shape index (κ3) is 3.49. The fourth-order valence-corrected chi connectivity index (χ4v) is 4.52. The van der Waals surface area contributed by atoms with Crippen LogP contribution in [0, 0.1) is 5.82 Å². The number of aromatic hydroxyl groups is 1. The molecule has 0 aliphatic carbocycles. The minimum Gasteiger partial charge on any atom is -0.502 e. The van der Waals surface area contributed by atoms with Gasteiger partial charge in [0.2, 0.25) is 5.43 Å². The number of nitrogens with zero attached hydrogens (tertiary/aromatic N) is 4. The Morgan fingerprint density at radius 3 is 2.79 bits per heavy atom. The minimum atomic E-state index is -0.696. The van der Waals surface area contributed by atoms with Crippen LogP contribution in [0.15, 0.2) is 71.8 Å². The Labute approximate surface area is 195 Å². The zero-order chi connectivity index (χ0) is 23.8. The number of rotatable bonds is 2. The molecule has 8 nitrogen and oxygen atoms in total. The molecule has 2 atom stereocenters. The highest BCUT2D eigenvalue weighted by molar-refractivity contribution is 5.96. The van der Waals surface area contributed by atoms with Crippen LogP contribution in [0.4, 0.5) is 4.39 Å². The maximum absolute atomic E-state index is 15.0. The molecule has 4 heterocycles. The van der Waals surface area contributed by atoms with Crippen LogP contribution in [0.25, 0.3) is 0 Å². The quantitative estimate of drug-likeness (QED) is 0.590. The molecule has 0 fully saturated rings. The van der Waals surface area contributed by atoms with Crippen molar-refractivity contribution in [1.29, 1.82) is 0 Å².